The molecule has 2 aromatic heterocycles. The number of rotatable bonds is 4. The van der Waals surface area contributed by atoms with Gasteiger partial charge in [-0.15, -0.1) is 11.3 Å². The molecule has 0 aliphatic rings. The second-order valence-corrected chi connectivity index (χ2v) is 5.78. The lowest BCUT2D eigenvalue weighted by molar-refractivity contribution is -0.121. The molecule has 0 bridgehead atoms. The highest BCUT2D eigenvalue weighted by Gasteiger charge is 2.09. The van der Waals surface area contributed by atoms with Crippen molar-refractivity contribution < 1.29 is 9.59 Å². The van der Waals surface area contributed by atoms with Gasteiger partial charge in [0.05, 0.1) is 15.2 Å². The second-order valence-electron chi connectivity index (χ2n) is 4.66. The van der Waals surface area contributed by atoms with Gasteiger partial charge in [-0.05, 0) is 24.3 Å². The lowest BCUT2D eigenvalue weighted by Gasteiger charge is -2.05. The fourth-order valence-corrected chi connectivity index (χ4v) is 2.94. The maximum absolute atomic E-state index is 11.7. The molecule has 2 heterocycles. The van der Waals surface area contributed by atoms with E-state index in [2.05, 4.69) is 20.8 Å². The molecule has 1 aromatic carbocycles. The van der Waals surface area contributed by atoms with E-state index in [0.29, 0.717) is 12.1 Å². The number of thiazole rings is 1. The minimum atomic E-state index is -0.377. The lowest BCUT2D eigenvalue weighted by Crippen LogP contribution is -2.41. The third kappa shape index (κ3) is 3.32. The summed E-state index contributed by atoms with van der Waals surface area (Å²) < 4.78 is 1.11. The van der Waals surface area contributed by atoms with E-state index in [4.69, 9.17) is 0 Å². The van der Waals surface area contributed by atoms with Crippen LogP contribution in [0.2, 0.25) is 0 Å². The van der Waals surface area contributed by atoms with Gasteiger partial charge in [0, 0.05) is 19.0 Å². The molecular weight excluding hydrogens is 300 g/mol. The average Bonchev–Trinajstić information content (AvgIpc) is 3.19. The third-order valence-electron chi connectivity index (χ3n) is 3.06. The predicted molar refractivity (Wildman–Crippen MR) is 84.3 cm³/mol. The first-order valence-electron chi connectivity index (χ1n) is 6.79. The van der Waals surface area contributed by atoms with Crippen LogP contribution in [0.15, 0.2) is 42.6 Å². The van der Waals surface area contributed by atoms with Crippen LogP contribution in [0.5, 0.6) is 0 Å². The molecule has 0 aliphatic carbocycles. The molecule has 3 N–H and O–H groups in total. The Morgan fingerprint density at radius 2 is 2.00 bits per heavy atom. The summed E-state index contributed by atoms with van der Waals surface area (Å²) in [4.78, 5) is 30.6. The van der Waals surface area contributed by atoms with Crippen LogP contribution in [0.1, 0.15) is 21.9 Å². The first kappa shape index (κ1) is 14.3. The second kappa shape index (κ2) is 6.40. The SMILES string of the molecule is O=C(CCc1nc2ccccc2s1)NNC(=O)c1ccc[nH]1. The predicted octanol–water partition coefficient (Wildman–Crippen LogP) is 2.02. The quantitative estimate of drug-likeness (QED) is 0.644. The molecule has 0 saturated heterocycles. The number of hydrazine groups is 1. The first-order valence-corrected chi connectivity index (χ1v) is 7.61. The molecule has 0 unspecified atom stereocenters. The average molecular weight is 314 g/mol. The van der Waals surface area contributed by atoms with Crippen molar-refractivity contribution in [2.45, 2.75) is 12.8 Å². The zero-order valence-corrected chi connectivity index (χ0v) is 12.4. The topological polar surface area (TPSA) is 86.9 Å². The van der Waals surface area contributed by atoms with E-state index in [0.717, 1.165) is 15.2 Å². The number of fused-ring (bicyclic) bond motifs is 1. The lowest BCUT2D eigenvalue weighted by atomic mass is 10.3. The van der Waals surface area contributed by atoms with Crippen LogP contribution in [0.4, 0.5) is 0 Å². The van der Waals surface area contributed by atoms with E-state index >= 15 is 0 Å². The highest BCUT2D eigenvalue weighted by atomic mass is 32.1. The van der Waals surface area contributed by atoms with E-state index in [9.17, 15) is 9.59 Å². The summed E-state index contributed by atoms with van der Waals surface area (Å²) >= 11 is 1.58. The molecule has 0 spiro atoms. The Balaban J connectivity index is 1.49. The van der Waals surface area contributed by atoms with E-state index in [1.807, 2.05) is 24.3 Å². The molecule has 7 heteroatoms. The van der Waals surface area contributed by atoms with Gasteiger partial charge in [0.25, 0.3) is 5.91 Å². The minimum Gasteiger partial charge on any atom is -0.357 e. The molecule has 0 radical (unpaired) electrons. The van der Waals surface area contributed by atoms with E-state index < -0.39 is 0 Å². The van der Waals surface area contributed by atoms with E-state index in [1.165, 1.54) is 0 Å². The molecule has 0 atom stereocenters. The van der Waals surface area contributed by atoms with Crippen molar-refractivity contribution in [3.8, 4) is 0 Å². The number of benzene rings is 1. The first-order chi connectivity index (χ1) is 10.7. The molecular formula is C15H14N4O2S. The monoisotopic (exact) mass is 314 g/mol. The van der Waals surface area contributed by atoms with Crippen molar-refractivity contribution in [1.82, 2.24) is 20.8 Å². The number of hydrogen-bond acceptors (Lipinski definition) is 4. The van der Waals surface area contributed by atoms with Gasteiger partial charge in [0.1, 0.15) is 5.69 Å². The van der Waals surface area contributed by atoms with Crippen molar-refractivity contribution in [2.75, 3.05) is 0 Å². The van der Waals surface area contributed by atoms with Gasteiger partial charge in [-0.3, -0.25) is 20.4 Å². The molecule has 0 saturated carbocycles. The summed E-state index contributed by atoms with van der Waals surface area (Å²) in [6.07, 6.45) is 2.46. The van der Waals surface area contributed by atoms with Crippen molar-refractivity contribution in [1.29, 1.82) is 0 Å². The molecule has 3 rings (SSSR count). The molecule has 0 aliphatic heterocycles. The smallest absolute Gasteiger partial charge is 0.286 e. The Labute approximate surface area is 130 Å². The summed E-state index contributed by atoms with van der Waals surface area (Å²) in [6, 6.07) is 11.2. The van der Waals surface area contributed by atoms with Crippen LogP contribution in [-0.4, -0.2) is 21.8 Å². The number of aromatic amines is 1. The number of nitrogens with zero attached hydrogens (tertiary/aromatic N) is 1. The minimum absolute atomic E-state index is 0.251. The highest BCUT2D eigenvalue weighted by Crippen LogP contribution is 2.22. The summed E-state index contributed by atoms with van der Waals surface area (Å²) in [5, 5.41) is 0.909. The number of amides is 2. The van der Waals surface area contributed by atoms with Crippen LogP contribution in [0.3, 0.4) is 0 Å². The van der Waals surface area contributed by atoms with Crippen molar-refractivity contribution in [3.63, 3.8) is 0 Å². The fourth-order valence-electron chi connectivity index (χ4n) is 1.98. The third-order valence-corrected chi connectivity index (χ3v) is 4.16. The maximum atomic E-state index is 11.7. The fraction of sp³-hybridized carbons (Fsp3) is 0.133. The van der Waals surface area contributed by atoms with Crippen molar-refractivity contribution in [3.05, 3.63) is 53.3 Å². The Kier molecular flexibility index (Phi) is 4.15. The molecule has 22 heavy (non-hydrogen) atoms. The summed E-state index contributed by atoms with van der Waals surface area (Å²) in [6.45, 7) is 0. The zero-order valence-electron chi connectivity index (χ0n) is 11.6. The van der Waals surface area contributed by atoms with Crippen LogP contribution in [0, 0.1) is 0 Å². The summed E-state index contributed by atoms with van der Waals surface area (Å²) in [5.74, 6) is -0.627. The Morgan fingerprint density at radius 1 is 1.14 bits per heavy atom. The van der Waals surface area contributed by atoms with Crippen LogP contribution in [-0.2, 0) is 11.2 Å². The van der Waals surface area contributed by atoms with Gasteiger partial charge in [0.15, 0.2) is 0 Å². The van der Waals surface area contributed by atoms with Crippen LogP contribution in [0.25, 0.3) is 10.2 Å². The number of aromatic nitrogens is 2. The normalized spacial score (nSPS) is 10.5. The number of hydrogen-bond donors (Lipinski definition) is 3. The number of aryl methyl sites for hydroxylation is 1. The van der Waals surface area contributed by atoms with Crippen molar-refractivity contribution in [2.24, 2.45) is 0 Å². The zero-order chi connectivity index (χ0) is 15.4. The Hall–Kier alpha value is -2.67. The number of carbonyl (C=O) groups is 2. The standard InChI is InChI=1S/C15H14N4O2S/c20-13(18-19-15(21)11-5-3-9-16-11)7-8-14-17-10-4-1-2-6-12(10)22-14/h1-6,9,16H,7-8H2,(H,18,20)(H,19,21). The molecule has 2 amide bonds. The van der Waals surface area contributed by atoms with E-state index in [-0.39, 0.29) is 18.2 Å². The van der Waals surface area contributed by atoms with Gasteiger partial charge >= 0.3 is 0 Å². The number of H-pyrrole nitrogens is 1. The Morgan fingerprint density at radius 3 is 2.77 bits per heavy atom. The molecule has 112 valence electrons. The highest BCUT2D eigenvalue weighted by molar-refractivity contribution is 7.18. The molecule has 3 aromatic rings. The van der Waals surface area contributed by atoms with Gasteiger partial charge in [-0.1, -0.05) is 12.1 Å². The molecule has 6 nitrogen and oxygen atoms in total. The molecule has 0 fully saturated rings. The van der Waals surface area contributed by atoms with Crippen LogP contribution >= 0.6 is 11.3 Å². The van der Waals surface area contributed by atoms with Crippen molar-refractivity contribution >= 4 is 33.4 Å². The van der Waals surface area contributed by atoms with Gasteiger partial charge in [-0.25, -0.2) is 4.98 Å². The van der Waals surface area contributed by atoms with Gasteiger partial charge in [-0.2, -0.15) is 0 Å². The van der Waals surface area contributed by atoms with Gasteiger partial charge < -0.3 is 4.98 Å². The largest absolute Gasteiger partial charge is 0.357 e. The van der Waals surface area contributed by atoms with E-state index in [1.54, 1.807) is 29.7 Å². The number of carbonyl (C=O) groups excluding carboxylic acids is 2. The Bertz CT molecular complexity index is 762. The van der Waals surface area contributed by atoms with Gasteiger partial charge in [0.2, 0.25) is 5.91 Å². The number of para-hydroxylation sites is 1. The maximum Gasteiger partial charge on any atom is 0.286 e. The van der Waals surface area contributed by atoms with Crippen LogP contribution < -0.4 is 10.9 Å². The summed E-state index contributed by atoms with van der Waals surface area (Å²) in [7, 11) is 0. The number of nitrogens with one attached hydrogen (secondary N) is 3. The summed E-state index contributed by atoms with van der Waals surface area (Å²) in [5.41, 5.74) is 6.10.